The number of nitrogens with zero attached hydrogens (tertiary/aromatic N) is 1. The minimum atomic E-state index is -0.130. The summed E-state index contributed by atoms with van der Waals surface area (Å²) in [7, 11) is 0. The van der Waals surface area contributed by atoms with Crippen LogP contribution in [0.5, 0.6) is 5.88 Å². The topological polar surface area (TPSA) is 42.2 Å². The molecule has 1 N–H and O–H groups in total. The number of pyridine rings is 1. The standard InChI is InChI=1S/C9H13NO2/c1-3-7-5-8(11)10(4-2)9(12)6-7/h5-6,11H,3-4H2,1-2H3. The Hall–Kier alpha value is -1.25. The molecule has 1 heterocycles. The number of aryl methyl sites for hydroxylation is 1. The Morgan fingerprint density at radius 3 is 2.50 bits per heavy atom. The summed E-state index contributed by atoms with van der Waals surface area (Å²) in [4.78, 5) is 11.3. The number of hydrogen-bond acceptors (Lipinski definition) is 2. The Morgan fingerprint density at radius 1 is 1.42 bits per heavy atom. The summed E-state index contributed by atoms with van der Waals surface area (Å²) in [5.74, 6) is 0.0573. The molecule has 66 valence electrons. The molecule has 0 amide bonds. The number of aromatic nitrogens is 1. The van der Waals surface area contributed by atoms with Crippen LogP contribution in [0.3, 0.4) is 0 Å². The highest BCUT2D eigenvalue weighted by Gasteiger charge is 2.01. The van der Waals surface area contributed by atoms with Crippen LogP contribution >= 0.6 is 0 Å². The summed E-state index contributed by atoms with van der Waals surface area (Å²) in [6.45, 7) is 4.28. The van der Waals surface area contributed by atoms with Gasteiger partial charge in [0, 0.05) is 18.7 Å². The molecule has 0 unspecified atom stereocenters. The molecule has 3 nitrogen and oxygen atoms in total. The highest BCUT2D eigenvalue weighted by atomic mass is 16.3. The summed E-state index contributed by atoms with van der Waals surface area (Å²) >= 11 is 0. The van der Waals surface area contributed by atoms with Gasteiger partial charge in [-0.1, -0.05) is 6.92 Å². The van der Waals surface area contributed by atoms with Gasteiger partial charge in [0.2, 0.25) is 0 Å². The Balaban J connectivity index is 3.28. The molecule has 0 spiro atoms. The Bertz CT molecular complexity index is 328. The van der Waals surface area contributed by atoms with E-state index < -0.39 is 0 Å². The molecule has 0 saturated carbocycles. The molecule has 3 heteroatoms. The van der Waals surface area contributed by atoms with Gasteiger partial charge in [0.1, 0.15) is 0 Å². The van der Waals surface area contributed by atoms with Crippen molar-refractivity contribution in [3.63, 3.8) is 0 Å². The van der Waals surface area contributed by atoms with Crippen LogP contribution in [0.25, 0.3) is 0 Å². The Kier molecular flexibility index (Phi) is 2.53. The van der Waals surface area contributed by atoms with Crippen LogP contribution in [0, 0.1) is 0 Å². The molecule has 0 atom stereocenters. The lowest BCUT2D eigenvalue weighted by molar-refractivity contribution is 0.410. The maximum atomic E-state index is 11.3. The third-order valence-corrected chi connectivity index (χ3v) is 1.89. The van der Waals surface area contributed by atoms with E-state index in [4.69, 9.17) is 0 Å². The van der Waals surface area contributed by atoms with Crippen LogP contribution < -0.4 is 5.56 Å². The van der Waals surface area contributed by atoms with Crippen LogP contribution in [-0.4, -0.2) is 9.67 Å². The Morgan fingerprint density at radius 2 is 2.08 bits per heavy atom. The number of aromatic hydroxyl groups is 1. The monoisotopic (exact) mass is 167 g/mol. The molecule has 1 rings (SSSR count). The third kappa shape index (κ3) is 1.49. The van der Waals surface area contributed by atoms with Gasteiger partial charge in [-0.2, -0.15) is 0 Å². The SMILES string of the molecule is CCc1cc(O)n(CC)c(=O)c1. The predicted octanol–water partition coefficient (Wildman–Crippen LogP) is 1.14. The average Bonchev–Trinajstić information content (AvgIpc) is 2.03. The van der Waals surface area contributed by atoms with Gasteiger partial charge in [0.25, 0.3) is 5.56 Å². The molecule has 0 saturated heterocycles. The summed E-state index contributed by atoms with van der Waals surface area (Å²) in [5, 5.41) is 9.37. The van der Waals surface area contributed by atoms with Crippen molar-refractivity contribution in [2.75, 3.05) is 0 Å². The summed E-state index contributed by atoms with van der Waals surface area (Å²) < 4.78 is 1.33. The number of hydrogen-bond donors (Lipinski definition) is 1. The molecule has 0 radical (unpaired) electrons. The molecule has 0 aliphatic rings. The van der Waals surface area contributed by atoms with Crippen molar-refractivity contribution in [1.82, 2.24) is 4.57 Å². The predicted molar refractivity (Wildman–Crippen MR) is 47.4 cm³/mol. The zero-order valence-electron chi connectivity index (χ0n) is 7.37. The molecule has 0 aromatic carbocycles. The highest BCUT2D eigenvalue weighted by molar-refractivity contribution is 5.20. The van der Waals surface area contributed by atoms with Crippen LogP contribution in [-0.2, 0) is 13.0 Å². The maximum Gasteiger partial charge on any atom is 0.253 e. The first-order chi connectivity index (χ1) is 5.69. The van der Waals surface area contributed by atoms with E-state index in [-0.39, 0.29) is 11.4 Å². The minimum absolute atomic E-state index is 0.0573. The van der Waals surface area contributed by atoms with E-state index in [1.165, 1.54) is 4.57 Å². The second-order valence-electron chi connectivity index (χ2n) is 2.66. The average molecular weight is 167 g/mol. The first kappa shape index (κ1) is 8.84. The van der Waals surface area contributed by atoms with Gasteiger partial charge in [0.15, 0.2) is 5.88 Å². The molecule has 0 aliphatic heterocycles. The van der Waals surface area contributed by atoms with Gasteiger partial charge in [-0.3, -0.25) is 9.36 Å². The van der Waals surface area contributed by atoms with Crippen molar-refractivity contribution in [2.24, 2.45) is 0 Å². The van der Waals surface area contributed by atoms with Crippen LogP contribution in [0.1, 0.15) is 19.4 Å². The fraction of sp³-hybridized carbons (Fsp3) is 0.444. The normalized spacial score (nSPS) is 10.2. The molecular weight excluding hydrogens is 154 g/mol. The fourth-order valence-electron chi connectivity index (χ4n) is 1.16. The molecule has 12 heavy (non-hydrogen) atoms. The van der Waals surface area contributed by atoms with E-state index in [1.54, 1.807) is 12.1 Å². The summed E-state index contributed by atoms with van der Waals surface area (Å²) in [6, 6.07) is 3.19. The van der Waals surface area contributed by atoms with E-state index in [9.17, 15) is 9.90 Å². The van der Waals surface area contributed by atoms with Crippen LogP contribution in [0.15, 0.2) is 16.9 Å². The van der Waals surface area contributed by atoms with Gasteiger partial charge in [-0.05, 0) is 18.9 Å². The molecule has 0 bridgehead atoms. The molecule has 0 aliphatic carbocycles. The van der Waals surface area contributed by atoms with Crippen molar-refractivity contribution in [3.05, 3.63) is 28.0 Å². The second kappa shape index (κ2) is 3.43. The Labute approximate surface area is 71.3 Å². The largest absolute Gasteiger partial charge is 0.494 e. The number of rotatable bonds is 2. The third-order valence-electron chi connectivity index (χ3n) is 1.89. The van der Waals surface area contributed by atoms with Gasteiger partial charge in [-0.25, -0.2) is 0 Å². The van der Waals surface area contributed by atoms with E-state index in [0.29, 0.717) is 6.54 Å². The lowest BCUT2D eigenvalue weighted by Crippen LogP contribution is -2.18. The maximum absolute atomic E-state index is 11.3. The van der Waals surface area contributed by atoms with Gasteiger partial charge >= 0.3 is 0 Å². The van der Waals surface area contributed by atoms with Crippen molar-refractivity contribution < 1.29 is 5.11 Å². The van der Waals surface area contributed by atoms with Crippen molar-refractivity contribution >= 4 is 0 Å². The molecular formula is C9H13NO2. The quantitative estimate of drug-likeness (QED) is 0.717. The van der Waals surface area contributed by atoms with Gasteiger partial charge in [-0.15, -0.1) is 0 Å². The molecule has 0 fully saturated rings. The lowest BCUT2D eigenvalue weighted by Gasteiger charge is -2.05. The second-order valence-corrected chi connectivity index (χ2v) is 2.66. The fourth-order valence-corrected chi connectivity index (χ4v) is 1.16. The van der Waals surface area contributed by atoms with Gasteiger partial charge < -0.3 is 5.11 Å². The van der Waals surface area contributed by atoms with Crippen molar-refractivity contribution in [1.29, 1.82) is 0 Å². The lowest BCUT2D eigenvalue weighted by atomic mass is 10.2. The zero-order chi connectivity index (χ0) is 9.14. The zero-order valence-corrected chi connectivity index (χ0v) is 7.37. The van der Waals surface area contributed by atoms with Crippen LogP contribution in [0.4, 0.5) is 0 Å². The first-order valence-corrected chi connectivity index (χ1v) is 4.11. The molecule has 1 aromatic rings. The van der Waals surface area contributed by atoms with Crippen molar-refractivity contribution in [2.45, 2.75) is 26.8 Å². The summed E-state index contributed by atoms with van der Waals surface area (Å²) in [6.07, 6.45) is 0.771. The summed E-state index contributed by atoms with van der Waals surface area (Å²) in [5.41, 5.74) is 0.747. The van der Waals surface area contributed by atoms with E-state index >= 15 is 0 Å². The van der Waals surface area contributed by atoms with E-state index in [1.807, 2.05) is 13.8 Å². The van der Waals surface area contributed by atoms with E-state index in [0.717, 1.165) is 12.0 Å². The van der Waals surface area contributed by atoms with Gasteiger partial charge in [0.05, 0.1) is 0 Å². The smallest absolute Gasteiger partial charge is 0.253 e. The first-order valence-electron chi connectivity index (χ1n) is 4.11. The van der Waals surface area contributed by atoms with Crippen LogP contribution in [0.2, 0.25) is 0 Å². The highest BCUT2D eigenvalue weighted by Crippen LogP contribution is 2.08. The minimum Gasteiger partial charge on any atom is -0.494 e. The van der Waals surface area contributed by atoms with E-state index in [2.05, 4.69) is 0 Å². The molecule has 1 aromatic heterocycles. The van der Waals surface area contributed by atoms with Crippen molar-refractivity contribution in [3.8, 4) is 5.88 Å².